The molecule has 2 aliphatic heterocycles. The number of methoxy groups -OCH3 is 2. The molecule has 4 aromatic rings. The molecule has 2 aliphatic rings. The van der Waals surface area contributed by atoms with E-state index >= 15 is 0 Å². The third-order valence-corrected chi connectivity index (χ3v) is 7.39. The summed E-state index contributed by atoms with van der Waals surface area (Å²) in [6, 6.07) is 23.2. The number of benzene rings is 3. The van der Waals surface area contributed by atoms with Crippen LogP contribution in [0.4, 0.5) is 0 Å². The second-order valence-corrected chi connectivity index (χ2v) is 9.77. The average Bonchev–Trinajstić information content (AvgIpc) is 3.72. The van der Waals surface area contributed by atoms with Crippen LogP contribution in [0.5, 0.6) is 17.2 Å². The van der Waals surface area contributed by atoms with Gasteiger partial charge in [0.1, 0.15) is 18.1 Å². The number of nitrogens with zero attached hydrogens (tertiary/aromatic N) is 2. The molecule has 8 heteroatoms. The summed E-state index contributed by atoms with van der Waals surface area (Å²) in [5.74, 6) is 1.93. The van der Waals surface area contributed by atoms with Crippen LogP contribution in [0.3, 0.4) is 0 Å². The summed E-state index contributed by atoms with van der Waals surface area (Å²) in [6.45, 7) is 1.66. The molecule has 3 heterocycles. The van der Waals surface area contributed by atoms with Gasteiger partial charge in [0.15, 0.2) is 11.5 Å². The van der Waals surface area contributed by atoms with Crippen molar-refractivity contribution in [3.8, 4) is 28.5 Å². The molecule has 3 aromatic carbocycles. The first-order valence-corrected chi connectivity index (χ1v) is 13.2. The van der Waals surface area contributed by atoms with E-state index in [0.29, 0.717) is 30.3 Å². The maximum Gasteiger partial charge on any atom is 0.273 e. The number of hydrogen-bond acceptors (Lipinski definition) is 6. The Labute approximate surface area is 227 Å². The zero-order chi connectivity index (χ0) is 26.8. The highest BCUT2D eigenvalue weighted by molar-refractivity contribution is 6.00. The average molecular weight is 526 g/mol. The number of carbonyl (C=O) groups excluding carboxylic acids is 1. The highest BCUT2D eigenvalue weighted by Gasteiger charge is 2.43. The number of fused-ring (bicyclic) bond motifs is 1. The molecule has 39 heavy (non-hydrogen) atoms. The van der Waals surface area contributed by atoms with Gasteiger partial charge in [0, 0.05) is 24.3 Å². The quantitative estimate of drug-likeness (QED) is 0.315. The fourth-order valence-corrected chi connectivity index (χ4v) is 5.42. The van der Waals surface area contributed by atoms with Gasteiger partial charge in [0.2, 0.25) is 0 Å². The Hall–Kier alpha value is -4.30. The molecule has 6 rings (SSSR count). The number of aromatic amines is 1. The van der Waals surface area contributed by atoms with Crippen molar-refractivity contribution >= 4 is 5.91 Å². The van der Waals surface area contributed by atoms with Crippen molar-refractivity contribution in [2.75, 3.05) is 27.4 Å². The van der Waals surface area contributed by atoms with Gasteiger partial charge in [0.25, 0.3) is 5.91 Å². The third kappa shape index (κ3) is 4.83. The molecule has 1 saturated heterocycles. The molecular formula is C31H31N3O5. The summed E-state index contributed by atoms with van der Waals surface area (Å²) < 4.78 is 23.1. The predicted molar refractivity (Wildman–Crippen MR) is 146 cm³/mol. The van der Waals surface area contributed by atoms with Crippen LogP contribution in [0.1, 0.15) is 46.1 Å². The normalized spacial score (nSPS) is 18.3. The fraction of sp³-hybridized carbons (Fsp3) is 0.290. The maximum atomic E-state index is 13.7. The van der Waals surface area contributed by atoms with E-state index in [4.69, 9.17) is 18.9 Å². The van der Waals surface area contributed by atoms with Crippen molar-refractivity contribution in [3.63, 3.8) is 0 Å². The second-order valence-electron chi connectivity index (χ2n) is 9.77. The van der Waals surface area contributed by atoms with Crippen molar-refractivity contribution in [1.29, 1.82) is 0 Å². The highest BCUT2D eigenvalue weighted by atomic mass is 16.5. The number of amides is 1. The van der Waals surface area contributed by atoms with Crippen molar-refractivity contribution in [2.24, 2.45) is 0 Å². The van der Waals surface area contributed by atoms with Crippen LogP contribution in [0.15, 0.2) is 72.8 Å². The second kappa shape index (κ2) is 10.8. The smallest absolute Gasteiger partial charge is 0.273 e. The Morgan fingerprint density at radius 3 is 2.54 bits per heavy atom. The zero-order valence-electron chi connectivity index (χ0n) is 22.1. The minimum Gasteiger partial charge on any atom is -0.497 e. The van der Waals surface area contributed by atoms with Crippen molar-refractivity contribution in [3.05, 3.63) is 95.2 Å². The van der Waals surface area contributed by atoms with Crippen LogP contribution < -0.4 is 14.2 Å². The molecule has 0 saturated carbocycles. The summed E-state index contributed by atoms with van der Waals surface area (Å²) in [7, 11) is 3.27. The fourth-order valence-electron chi connectivity index (χ4n) is 5.42. The van der Waals surface area contributed by atoms with Crippen LogP contribution >= 0.6 is 0 Å². The number of H-pyrrole nitrogens is 1. The van der Waals surface area contributed by atoms with Gasteiger partial charge >= 0.3 is 0 Å². The molecule has 1 fully saturated rings. The van der Waals surface area contributed by atoms with Gasteiger partial charge in [-0.1, -0.05) is 36.4 Å². The number of nitrogens with one attached hydrogen (secondary N) is 1. The van der Waals surface area contributed by atoms with Gasteiger partial charge in [0.05, 0.1) is 32.1 Å². The molecule has 0 spiro atoms. The van der Waals surface area contributed by atoms with Gasteiger partial charge < -0.3 is 23.8 Å². The Kier molecular flexibility index (Phi) is 6.94. The monoisotopic (exact) mass is 525 g/mol. The first kappa shape index (κ1) is 25.0. The van der Waals surface area contributed by atoms with E-state index in [1.165, 1.54) is 0 Å². The van der Waals surface area contributed by atoms with Crippen molar-refractivity contribution < 1.29 is 23.7 Å². The molecule has 1 aromatic heterocycles. The van der Waals surface area contributed by atoms with E-state index in [2.05, 4.69) is 10.2 Å². The van der Waals surface area contributed by atoms with E-state index in [0.717, 1.165) is 53.1 Å². The number of carbonyl (C=O) groups is 1. The van der Waals surface area contributed by atoms with E-state index in [-0.39, 0.29) is 18.1 Å². The Bertz CT molecular complexity index is 1450. The molecule has 1 amide bonds. The van der Waals surface area contributed by atoms with E-state index in [1.54, 1.807) is 14.2 Å². The summed E-state index contributed by atoms with van der Waals surface area (Å²) in [5.41, 5.74) is 4.99. The van der Waals surface area contributed by atoms with Gasteiger partial charge in [-0.3, -0.25) is 9.89 Å². The summed E-state index contributed by atoms with van der Waals surface area (Å²) in [4.78, 5) is 15.6. The number of aromatic nitrogens is 2. The third-order valence-electron chi connectivity index (χ3n) is 7.39. The zero-order valence-corrected chi connectivity index (χ0v) is 22.1. The Morgan fingerprint density at radius 1 is 1.00 bits per heavy atom. The van der Waals surface area contributed by atoms with Gasteiger partial charge in [-0.05, 0) is 60.4 Å². The summed E-state index contributed by atoms with van der Waals surface area (Å²) >= 11 is 0. The minimum atomic E-state index is -0.357. The van der Waals surface area contributed by atoms with Crippen LogP contribution in [0, 0.1) is 0 Å². The Balaban J connectivity index is 1.38. The van der Waals surface area contributed by atoms with Gasteiger partial charge in [-0.25, -0.2) is 0 Å². The highest BCUT2D eigenvalue weighted by Crippen LogP contribution is 2.45. The van der Waals surface area contributed by atoms with Gasteiger partial charge in [-0.15, -0.1) is 0 Å². The largest absolute Gasteiger partial charge is 0.497 e. The molecular weight excluding hydrogens is 494 g/mol. The summed E-state index contributed by atoms with van der Waals surface area (Å²) in [5, 5.41) is 7.61. The van der Waals surface area contributed by atoms with Crippen LogP contribution in [0.2, 0.25) is 0 Å². The predicted octanol–water partition coefficient (Wildman–Crippen LogP) is 5.40. The topological polar surface area (TPSA) is 85.9 Å². The van der Waals surface area contributed by atoms with E-state index < -0.39 is 0 Å². The summed E-state index contributed by atoms with van der Waals surface area (Å²) in [6.07, 6.45) is 1.94. The number of ether oxygens (including phenoxy) is 4. The lowest BCUT2D eigenvalue weighted by Gasteiger charge is -2.29. The standard InChI is InChI=1S/C31H31N3O5/c1-36-23-13-10-21(11-14-23)28-27-29(33-32-28)31(35)34(18-24-9-6-16-38-24)30(27)22-12-15-25(26(17-22)37-2)39-19-20-7-4-3-5-8-20/h3-5,7-8,10-15,17,24,30H,6,9,16,18-19H2,1-2H3,(H,32,33). The van der Waals surface area contributed by atoms with Crippen LogP contribution in [0.25, 0.3) is 11.3 Å². The molecule has 8 nitrogen and oxygen atoms in total. The molecule has 1 N–H and O–H groups in total. The van der Waals surface area contributed by atoms with E-state index in [1.807, 2.05) is 77.7 Å². The number of hydrogen-bond donors (Lipinski definition) is 1. The SMILES string of the molecule is COc1ccc(-c2n[nH]c3c2C(c2ccc(OCc4ccccc4)c(OC)c2)N(CC2CCCO2)C3=O)cc1. The van der Waals surface area contributed by atoms with Crippen molar-refractivity contribution in [2.45, 2.75) is 31.6 Å². The number of rotatable bonds is 9. The lowest BCUT2D eigenvalue weighted by molar-refractivity contribution is 0.0495. The Morgan fingerprint density at radius 2 is 1.82 bits per heavy atom. The molecule has 2 atom stereocenters. The lowest BCUT2D eigenvalue weighted by Crippen LogP contribution is -2.36. The van der Waals surface area contributed by atoms with Crippen molar-refractivity contribution in [1.82, 2.24) is 15.1 Å². The van der Waals surface area contributed by atoms with Crippen LogP contribution in [-0.2, 0) is 11.3 Å². The molecule has 200 valence electrons. The molecule has 2 unspecified atom stereocenters. The lowest BCUT2D eigenvalue weighted by atomic mass is 9.95. The minimum absolute atomic E-state index is 0.00762. The van der Waals surface area contributed by atoms with Gasteiger partial charge in [-0.2, -0.15) is 5.10 Å². The maximum absolute atomic E-state index is 13.7. The molecule has 0 aliphatic carbocycles. The molecule has 0 bridgehead atoms. The van der Waals surface area contributed by atoms with E-state index in [9.17, 15) is 4.79 Å². The van der Waals surface area contributed by atoms with Crippen LogP contribution in [-0.4, -0.2) is 54.5 Å². The first-order valence-electron chi connectivity index (χ1n) is 13.2. The first-order chi connectivity index (χ1) is 19.2. The molecule has 0 radical (unpaired) electrons.